The van der Waals surface area contributed by atoms with Crippen molar-refractivity contribution >= 4 is 29.0 Å². The number of aromatic nitrogens is 3. The summed E-state index contributed by atoms with van der Waals surface area (Å²) in [4.78, 5) is 34.7. The van der Waals surface area contributed by atoms with Gasteiger partial charge in [0.15, 0.2) is 12.2 Å². The number of rotatable bonds is 8. The first kappa shape index (κ1) is 26.0. The summed E-state index contributed by atoms with van der Waals surface area (Å²) in [5.74, 6) is 0.545. The molecule has 2 heterocycles. The van der Waals surface area contributed by atoms with Crippen LogP contribution in [0.1, 0.15) is 42.7 Å². The molecule has 0 aliphatic carbocycles. The fraction of sp³-hybridized carbons (Fsp3) is 0.192. The highest BCUT2D eigenvalue weighted by Crippen LogP contribution is 2.17. The molecule has 0 unspecified atom stereocenters. The first-order valence-corrected chi connectivity index (χ1v) is 11.8. The Morgan fingerprint density at radius 2 is 1.66 bits per heavy atom. The van der Waals surface area contributed by atoms with E-state index in [-0.39, 0.29) is 24.3 Å². The molecule has 1 amide bonds. The van der Waals surface area contributed by atoms with E-state index in [0.29, 0.717) is 42.3 Å². The van der Waals surface area contributed by atoms with E-state index in [2.05, 4.69) is 19.9 Å². The third-order valence-electron chi connectivity index (χ3n) is 5.32. The van der Waals surface area contributed by atoms with Crippen LogP contribution in [0.4, 0.5) is 5.82 Å². The van der Waals surface area contributed by atoms with Crippen LogP contribution >= 0.6 is 11.3 Å². The van der Waals surface area contributed by atoms with Crippen molar-refractivity contribution in [3.63, 3.8) is 0 Å². The molecule has 2 aromatic heterocycles. The molecular weight excluding hydrogens is 484 g/mol. The van der Waals surface area contributed by atoms with Gasteiger partial charge in [-0.05, 0) is 31.2 Å². The molecule has 0 aliphatic rings. The van der Waals surface area contributed by atoms with Crippen molar-refractivity contribution < 1.29 is 31.3 Å². The summed E-state index contributed by atoms with van der Waals surface area (Å²) in [6.45, 7) is 4.64. The Labute approximate surface area is 214 Å². The second kappa shape index (κ2) is 12.2. The van der Waals surface area contributed by atoms with E-state index < -0.39 is 0 Å². The van der Waals surface area contributed by atoms with Gasteiger partial charge in [0.1, 0.15) is 11.6 Å². The number of amides is 1. The SMILES string of the molecule is Cc1ncc(C[n+]2csc(CCOC(=O)c3ccccc3)c2C)c(NC(=O)c2ccccc2)n1.[Cl-]. The van der Waals surface area contributed by atoms with Crippen molar-refractivity contribution in [2.45, 2.75) is 26.8 Å². The molecule has 9 heteroatoms. The van der Waals surface area contributed by atoms with E-state index in [0.717, 1.165) is 16.1 Å². The quantitative estimate of drug-likeness (QED) is 0.285. The normalized spacial score (nSPS) is 10.3. The lowest BCUT2D eigenvalue weighted by Crippen LogP contribution is -3.00. The van der Waals surface area contributed by atoms with E-state index in [1.165, 1.54) is 0 Å². The molecule has 1 N–H and O–H groups in total. The van der Waals surface area contributed by atoms with Crippen LogP contribution in [0.2, 0.25) is 0 Å². The summed E-state index contributed by atoms with van der Waals surface area (Å²) >= 11 is 1.61. The highest BCUT2D eigenvalue weighted by atomic mass is 35.5. The molecule has 0 saturated carbocycles. The Hall–Kier alpha value is -3.62. The average Bonchev–Trinajstić information content (AvgIpc) is 3.20. The monoisotopic (exact) mass is 508 g/mol. The predicted octanol–water partition coefficient (Wildman–Crippen LogP) is 1.15. The molecule has 4 rings (SSSR count). The lowest BCUT2D eigenvalue weighted by molar-refractivity contribution is -0.689. The number of nitrogens with one attached hydrogen (secondary N) is 1. The van der Waals surface area contributed by atoms with Gasteiger partial charge in [0.25, 0.3) is 5.91 Å². The summed E-state index contributed by atoms with van der Waals surface area (Å²) in [6, 6.07) is 18.0. The zero-order chi connectivity index (χ0) is 23.9. The van der Waals surface area contributed by atoms with Gasteiger partial charge < -0.3 is 22.5 Å². The summed E-state index contributed by atoms with van der Waals surface area (Å²) in [6.07, 6.45) is 2.37. The van der Waals surface area contributed by atoms with Gasteiger partial charge >= 0.3 is 5.97 Å². The third-order valence-corrected chi connectivity index (χ3v) is 6.47. The van der Waals surface area contributed by atoms with Crippen molar-refractivity contribution in [1.29, 1.82) is 0 Å². The summed E-state index contributed by atoms with van der Waals surface area (Å²) in [5.41, 5.74) is 5.01. The van der Waals surface area contributed by atoms with Crippen LogP contribution < -0.4 is 22.3 Å². The Morgan fingerprint density at radius 1 is 1.00 bits per heavy atom. The standard InChI is InChI=1S/C26H24N4O3S.ClH/c1-18-23(13-14-33-26(32)21-11-7-4-8-12-21)34-17-30(18)16-22-15-27-19(2)28-24(22)29-25(31)20-9-5-3-6-10-20;/h3-12,15,17H,13-14,16H2,1-2H3;1H. The minimum Gasteiger partial charge on any atom is -1.00 e. The average molecular weight is 509 g/mol. The van der Waals surface area contributed by atoms with Crippen molar-refractivity contribution in [1.82, 2.24) is 9.97 Å². The lowest BCUT2D eigenvalue weighted by atomic mass is 10.2. The molecule has 0 saturated heterocycles. The van der Waals surface area contributed by atoms with Crippen molar-refractivity contribution in [3.8, 4) is 0 Å². The Bertz CT molecular complexity index is 1300. The van der Waals surface area contributed by atoms with E-state index in [1.54, 1.807) is 48.7 Å². The topological polar surface area (TPSA) is 85.1 Å². The number of hydrogen-bond donors (Lipinski definition) is 1. The third kappa shape index (κ3) is 6.71. The predicted molar refractivity (Wildman–Crippen MR) is 130 cm³/mol. The van der Waals surface area contributed by atoms with Crippen LogP contribution in [0.15, 0.2) is 72.4 Å². The molecule has 4 aromatic rings. The molecule has 7 nitrogen and oxygen atoms in total. The number of anilines is 1. The Balaban J connectivity index is 0.00000342. The van der Waals surface area contributed by atoms with Crippen LogP contribution in [0.5, 0.6) is 0 Å². The Morgan fingerprint density at radius 3 is 2.34 bits per heavy atom. The van der Waals surface area contributed by atoms with Crippen LogP contribution in [0.3, 0.4) is 0 Å². The van der Waals surface area contributed by atoms with Gasteiger partial charge in [-0.25, -0.2) is 14.8 Å². The largest absolute Gasteiger partial charge is 1.00 e. The fourth-order valence-corrected chi connectivity index (χ4v) is 4.39. The van der Waals surface area contributed by atoms with Gasteiger partial charge in [-0.1, -0.05) is 47.7 Å². The second-order valence-electron chi connectivity index (χ2n) is 7.72. The van der Waals surface area contributed by atoms with Crippen LogP contribution in [-0.4, -0.2) is 28.5 Å². The van der Waals surface area contributed by atoms with E-state index in [4.69, 9.17) is 4.74 Å². The zero-order valence-electron chi connectivity index (χ0n) is 19.4. The van der Waals surface area contributed by atoms with Gasteiger partial charge in [-0.2, -0.15) is 4.57 Å². The smallest absolute Gasteiger partial charge is 0.338 e. The molecule has 0 bridgehead atoms. The summed E-state index contributed by atoms with van der Waals surface area (Å²) in [5, 5.41) is 2.92. The lowest BCUT2D eigenvalue weighted by Gasteiger charge is -2.09. The van der Waals surface area contributed by atoms with Gasteiger partial charge in [-0.3, -0.25) is 4.79 Å². The zero-order valence-corrected chi connectivity index (χ0v) is 21.0. The fourth-order valence-electron chi connectivity index (χ4n) is 3.41. The maximum atomic E-state index is 12.7. The number of aryl methyl sites for hydroxylation is 1. The van der Waals surface area contributed by atoms with E-state index in [9.17, 15) is 9.59 Å². The number of carbonyl (C=O) groups is 2. The molecule has 0 fully saturated rings. The minimum absolute atomic E-state index is 0. The van der Waals surface area contributed by atoms with Crippen LogP contribution in [-0.2, 0) is 17.7 Å². The maximum absolute atomic E-state index is 12.7. The minimum atomic E-state index is -0.321. The van der Waals surface area contributed by atoms with E-state index >= 15 is 0 Å². The molecule has 35 heavy (non-hydrogen) atoms. The maximum Gasteiger partial charge on any atom is 0.338 e. The van der Waals surface area contributed by atoms with Crippen molar-refractivity contribution in [3.05, 3.63) is 105 Å². The number of esters is 1. The Kier molecular flexibility index (Phi) is 9.05. The first-order valence-electron chi connectivity index (χ1n) is 10.9. The summed E-state index contributed by atoms with van der Waals surface area (Å²) < 4.78 is 7.51. The van der Waals surface area contributed by atoms with Gasteiger partial charge in [0, 0.05) is 25.1 Å². The van der Waals surface area contributed by atoms with Crippen molar-refractivity contribution in [2.24, 2.45) is 0 Å². The molecule has 0 spiro atoms. The number of thiazole rings is 1. The number of ether oxygens (including phenoxy) is 1. The molecular formula is C26H25ClN4O3S. The van der Waals surface area contributed by atoms with Gasteiger partial charge in [0.05, 0.1) is 22.6 Å². The van der Waals surface area contributed by atoms with Crippen molar-refractivity contribution in [2.75, 3.05) is 11.9 Å². The number of hydrogen-bond acceptors (Lipinski definition) is 6. The summed E-state index contributed by atoms with van der Waals surface area (Å²) in [7, 11) is 0. The highest BCUT2D eigenvalue weighted by Gasteiger charge is 2.20. The van der Waals surface area contributed by atoms with Gasteiger partial charge in [0.2, 0.25) is 5.51 Å². The molecule has 180 valence electrons. The van der Waals surface area contributed by atoms with Gasteiger partial charge in [-0.15, -0.1) is 0 Å². The second-order valence-corrected chi connectivity index (χ2v) is 8.66. The first-order chi connectivity index (χ1) is 16.5. The number of nitrogens with zero attached hydrogens (tertiary/aromatic N) is 3. The van der Waals surface area contributed by atoms with Crippen LogP contribution in [0, 0.1) is 13.8 Å². The number of halogens is 1. The number of carbonyl (C=O) groups excluding carboxylic acids is 2. The molecule has 2 aromatic carbocycles. The van der Waals surface area contributed by atoms with E-state index in [1.807, 2.05) is 48.8 Å². The molecule has 0 radical (unpaired) electrons. The van der Waals surface area contributed by atoms with Crippen LogP contribution in [0.25, 0.3) is 0 Å². The molecule has 0 atom stereocenters. The number of benzene rings is 2. The highest BCUT2D eigenvalue weighted by molar-refractivity contribution is 7.09. The molecule has 0 aliphatic heterocycles.